The van der Waals surface area contributed by atoms with Gasteiger partial charge in [-0.2, -0.15) is 19.9 Å². The molecule has 28 rings (SSSR count). The second-order valence-corrected chi connectivity index (χ2v) is 35.7. The lowest BCUT2D eigenvalue weighted by Gasteiger charge is -2.13. The van der Waals surface area contributed by atoms with Crippen molar-refractivity contribution in [3.63, 3.8) is 0 Å². The molecule has 7 heterocycles. The molecule has 0 unspecified atom stereocenters. The Bertz CT molecular complexity index is 8930. The minimum Gasteiger partial charge on any atom is -0.309 e. The number of rotatable bonds is 13. The van der Waals surface area contributed by atoms with Gasteiger partial charge in [-0.05, 0) is 194 Å². The van der Waals surface area contributed by atoms with Gasteiger partial charge in [0.25, 0.3) is 0 Å². The van der Waals surface area contributed by atoms with Gasteiger partial charge >= 0.3 is 0 Å². The number of fused-ring (bicyclic) bond motifs is 18. The van der Waals surface area contributed by atoms with Crippen LogP contribution in [0, 0.1) is 0 Å². The second kappa shape index (κ2) is 34.3. The summed E-state index contributed by atoms with van der Waals surface area (Å²) in [5.41, 5.74) is 34.7. The van der Waals surface area contributed by atoms with E-state index in [0.29, 0.717) is 29.2 Å². The fourth-order valence-electron chi connectivity index (χ4n) is 20.8. The van der Waals surface area contributed by atoms with E-state index < -0.39 is 0 Å². The molecule has 0 fully saturated rings. The maximum atomic E-state index is 5.99. The Hall–Kier alpha value is -18.3. The van der Waals surface area contributed by atoms with Crippen molar-refractivity contribution in [2.45, 2.75) is 6.42 Å². The summed E-state index contributed by atoms with van der Waals surface area (Å²) in [4.78, 5) is 28.5. The SMILES string of the molecule is Clc1nc(-c2ccccc2)nc(-c2ccccc2)n1.c1ccc(-c2ccc3c4ccccc4n(-c4ccc5c(c4)-c4cc(-n6c7ccccc7c7ccc(-c8ccccc8)cc76)ccc4C5)c3c2)cc1.c1ccc(-c2ccc3c4ccccc4n(-c4ccc5c(c4)c4cc(-n6c7ccccc7c7ccc(-c8ccccc8)cc76)ccc4n5-c4nc(-c5ccccc5)nc(-c5ccccc5)n4)c3c2)cc1. The van der Waals surface area contributed by atoms with Crippen molar-refractivity contribution in [2.24, 2.45) is 0 Å². The highest BCUT2D eigenvalue weighted by atomic mass is 35.5. The average Bonchev–Trinajstić information content (AvgIpc) is 1.56. The zero-order chi connectivity index (χ0) is 92.0. The van der Waals surface area contributed by atoms with Gasteiger partial charge in [-0.15, -0.1) is 0 Å². The Morgan fingerprint density at radius 3 is 0.676 bits per heavy atom. The molecule has 0 aliphatic heterocycles. The Balaban J connectivity index is 0.000000124. The summed E-state index contributed by atoms with van der Waals surface area (Å²) in [6.45, 7) is 0. The highest BCUT2D eigenvalue weighted by Gasteiger charge is 2.27. The number of hydrogen-bond acceptors (Lipinski definition) is 6. The zero-order valence-electron chi connectivity index (χ0n) is 75.2. The molecule has 139 heavy (non-hydrogen) atoms. The molecule has 0 saturated heterocycles. The quantitative estimate of drug-likeness (QED) is 0.114. The highest BCUT2D eigenvalue weighted by molar-refractivity contribution is 6.28. The number of nitrogens with zero attached hydrogens (tertiary/aromatic N) is 11. The van der Waals surface area contributed by atoms with Crippen LogP contribution in [-0.2, 0) is 6.42 Å². The van der Waals surface area contributed by atoms with Crippen molar-refractivity contribution in [1.82, 2.24) is 52.7 Å². The predicted octanol–water partition coefficient (Wildman–Crippen LogP) is 32.5. The van der Waals surface area contributed by atoms with Gasteiger partial charge in [-0.25, -0.2) is 9.97 Å². The fraction of sp³-hybridized carbons (Fsp3) is 0.00787. The van der Waals surface area contributed by atoms with Gasteiger partial charge in [0.05, 0.1) is 55.2 Å². The van der Waals surface area contributed by atoms with Gasteiger partial charge in [0.15, 0.2) is 23.3 Å². The van der Waals surface area contributed by atoms with Crippen molar-refractivity contribution in [3.05, 3.63) is 502 Å². The van der Waals surface area contributed by atoms with E-state index in [9.17, 15) is 0 Å². The molecule has 20 aromatic carbocycles. The van der Waals surface area contributed by atoms with Crippen LogP contribution in [0.15, 0.2) is 485 Å². The van der Waals surface area contributed by atoms with Crippen molar-refractivity contribution in [2.75, 3.05) is 0 Å². The van der Waals surface area contributed by atoms with Gasteiger partial charge in [0.2, 0.25) is 11.2 Å². The first-order valence-electron chi connectivity index (χ1n) is 46.9. The maximum Gasteiger partial charge on any atom is 0.238 e. The van der Waals surface area contributed by atoms with Crippen LogP contribution in [0.3, 0.4) is 0 Å². The van der Waals surface area contributed by atoms with Crippen LogP contribution >= 0.6 is 11.6 Å². The molecule has 0 saturated carbocycles. The molecule has 0 N–H and O–H groups in total. The van der Waals surface area contributed by atoms with Crippen molar-refractivity contribution in [3.8, 4) is 130 Å². The van der Waals surface area contributed by atoms with E-state index in [1.54, 1.807) is 0 Å². The number of benzene rings is 20. The molecule has 1 aliphatic carbocycles. The largest absolute Gasteiger partial charge is 0.309 e. The van der Waals surface area contributed by atoms with Gasteiger partial charge in [0, 0.05) is 98.9 Å². The molecule has 0 spiro atoms. The maximum absolute atomic E-state index is 5.99. The number of hydrogen-bond donors (Lipinski definition) is 0. The lowest BCUT2D eigenvalue weighted by molar-refractivity contribution is 0.953. The van der Waals surface area contributed by atoms with Crippen LogP contribution in [0.4, 0.5) is 0 Å². The van der Waals surface area contributed by atoms with Crippen molar-refractivity contribution < 1.29 is 0 Å². The molecule has 0 amide bonds. The van der Waals surface area contributed by atoms with Crippen molar-refractivity contribution in [1.29, 1.82) is 0 Å². The van der Waals surface area contributed by atoms with Crippen LogP contribution < -0.4 is 0 Å². The summed E-state index contributed by atoms with van der Waals surface area (Å²) >= 11 is 5.99. The Labute approximate surface area is 805 Å². The minimum atomic E-state index is 0.202. The first-order valence-corrected chi connectivity index (χ1v) is 47.3. The molecule has 27 aromatic rings. The van der Waals surface area contributed by atoms with E-state index in [-0.39, 0.29) is 5.28 Å². The summed E-state index contributed by atoms with van der Waals surface area (Å²) in [5.74, 6) is 2.94. The van der Waals surface area contributed by atoms with Gasteiger partial charge in [0.1, 0.15) is 0 Å². The molecule has 652 valence electrons. The smallest absolute Gasteiger partial charge is 0.238 e. The molecule has 0 bridgehead atoms. The minimum absolute atomic E-state index is 0.202. The van der Waals surface area contributed by atoms with Gasteiger partial charge in [-0.1, -0.05) is 376 Å². The molecule has 11 nitrogen and oxygen atoms in total. The molecular formula is C127H82ClN11. The number of aromatic nitrogens is 11. The monoisotopic (exact) mass is 1800 g/mol. The summed E-state index contributed by atoms with van der Waals surface area (Å²) in [7, 11) is 0. The predicted molar refractivity (Wildman–Crippen MR) is 575 cm³/mol. The number of para-hydroxylation sites is 4. The lowest BCUT2D eigenvalue weighted by Crippen LogP contribution is -2.06. The first kappa shape index (κ1) is 81.5. The number of halogens is 1. The molecule has 7 aromatic heterocycles. The van der Waals surface area contributed by atoms with E-state index in [0.717, 1.165) is 83.9 Å². The summed E-state index contributed by atoms with van der Waals surface area (Å²) < 4.78 is 12.0. The van der Waals surface area contributed by atoms with Crippen LogP contribution in [-0.4, -0.2) is 52.7 Å². The summed E-state index contributed by atoms with van der Waals surface area (Å²) in [5, 5.41) is 12.3. The molecular weight excluding hydrogens is 1710 g/mol. The van der Waals surface area contributed by atoms with E-state index in [2.05, 4.69) is 426 Å². The Morgan fingerprint density at radius 1 is 0.158 bits per heavy atom. The van der Waals surface area contributed by atoms with E-state index in [1.807, 2.05) is 97.1 Å². The normalized spacial score (nSPS) is 11.7. The fourth-order valence-corrected chi connectivity index (χ4v) is 21.0. The summed E-state index contributed by atoms with van der Waals surface area (Å²) in [6, 6.07) is 173. The third-order valence-corrected chi connectivity index (χ3v) is 27.5. The van der Waals surface area contributed by atoms with E-state index >= 15 is 0 Å². The van der Waals surface area contributed by atoms with Gasteiger partial charge in [-0.3, -0.25) is 4.57 Å². The topological polar surface area (TPSA) is 102 Å². The standard InChI is InChI=1S/C63H40N6.C49H32N2.C15H10ClN3/c1-5-17-41(18-6-1)45-29-33-51-49-25-13-15-27-55(49)67(59(51)37-45)47-31-35-57-53(39-47)54-40-48(68-56-28-16-14-26-50(56)52-34-30-46(38-60(52)68)42-19-7-2-8-20-42)32-36-58(54)69(57)63-65-61(43-21-9-3-10-22-43)64-62(66-63)44-23-11-4-12-24-44;1-3-11-32(12-4-1)34-21-25-42-40-15-7-9-17-46(40)50(48(42)28-34)38-23-19-36-27-37-20-24-39(31-45(37)44(36)30-38)51-47-18-10-8-16-41(47)43-26-22-35(29-49(43)51)33-13-5-2-6-14-33;16-15-18-13(11-7-3-1-4-8-11)17-14(19-15)12-9-5-2-6-10-12/h1-40H;1-26,28-31H,27H2;1-10H. The molecule has 1 aliphatic rings. The lowest BCUT2D eigenvalue weighted by atomic mass is 10.0. The average molecular weight is 1800 g/mol. The third-order valence-electron chi connectivity index (χ3n) is 27.3. The van der Waals surface area contributed by atoms with Crippen LogP contribution in [0.1, 0.15) is 11.1 Å². The highest BCUT2D eigenvalue weighted by Crippen LogP contribution is 2.47. The molecule has 12 heteroatoms. The van der Waals surface area contributed by atoms with Crippen LogP contribution in [0.25, 0.3) is 239 Å². The van der Waals surface area contributed by atoms with Crippen LogP contribution in [0.2, 0.25) is 5.28 Å². The first-order chi connectivity index (χ1) is 68.8. The zero-order valence-corrected chi connectivity index (χ0v) is 75.9. The van der Waals surface area contributed by atoms with Gasteiger partial charge < -0.3 is 18.3 Å². The third kappa shape index (κ3) is 14.5. The Kier molecular flexibility index (Phi) is 20.1. The van der Waals surface area contributed by atoms with E-state index in [1.165, 1.54) is 143 Å². The second-order valence-electron chi connectivity index (χ2n) is 35.4. The molecule has 0 atom stereocenters. The van der Waals surface area contributed by atoms with E-state index in [4.69, 9.17) is 26.6 Å². The summed E-state index contributed by atoms with van der Waals surface area (Å²) in [6.07, 6.45) is 0.946. The van der Waals surface area contributed by atoms with Crippen molar-refractivity contribution >= 4 is 121 Å². The van der Waals surface area contributed by atoms with Crippen LogP contribution in [0.5, 0.6) is 0 Å². The molecule has 0 radical (unpaired) electrons. The Morgan fingerprint density at radius 2 is 0.388 bits per heavy atom.